The second-order valence-electron chi connectivity index (χ2n) is 5.70. The van der Waals surface area contributed by atoms with Crippen LogP contribution in [0.1, 0.15) is 19.4 Å². The highest BCUT2D eigenvalue weighted by atomic mass is 16.4. The first-order valence-electron chi connectivity index (χ1n) is 7.15. The van der Waals surface area contributed by atoms with E-state index in [4.69, 9.17) is 4.42 Å². The van der Waals surface area contributed by atoms with Gasteiger partial charge in [0.05, 0.1) is 5.39 Å². The summed E-state index contributed by atoms with van der Waals surface area (Å²) in [6.07, 6.45) is 2.47. The molecular formula is C18H16O5. The largest absolute Gasteiger partial charge is 0.508 e. The number of phenolic OH excluding ortho intramolecular Hbond substituents is 3. The Morgan fingerprint density at radius 1 is 1.09 bits per heavy atom. The van der Waals surface area contributed by atoms with Gasteiger partial charge in [-0.2, -0.15) is 0 Å². The zero-order valence-electron chi connectivity index (χ0n) is 12.8. The SMILES string of the molecule is CC(C)=CCc1ccc(O)c2oc3cc(O)cc(O)c3c(=O)c12. The third kappa shape index (κ3) is 2.50. The maximum Gasteiger partial charge on any atom is 0.204 e. The molecular weight excluding hydrogens is 296 g/mol. The topological polar surface area (TPSA) is 90.9 Å². The fourth-order valence-electron chi connectivity index (χ4n) is 2.58. The maximum atomic E-state index is 12.8. The minimum atomic E-state index is -0.438. The molecule has 23 heavy (non-hydrogen) atoms. The Hall–Kier alpha value is -2.95. The number of fused-ring (bicyclic) bond motifs is 2. The van der Waals surface area contributed by atoms with Crippen molar-refractivity contribution in [3.05, 3.63) is 51.7 Å². The van der Waals surface area contributed by atoms with E-state index < -0.39 is 5.43 Å². The predicted octanol–water partition coefficient (Wildman–Crippen LogP) is 3.57. The molecule has 3 aromatic rings. The summed E-state index contributed by atoms with van der Waals surface area (Å²) in [6.45, 7) is 3.91. The number of aromatic hydroxyl groups is 3. The lowest BCUT2D eigenvalue weighted by Crippen LogP contribution is -2.05. The van der Waals surface area contributed by atoms with Crippen LogP contribution < -0.4 is 5.43 Å². The van der Waals surface area contributed by atoms with E-state index in [1.165, 1.54) is 12.1 Å². The summed E-state index contributed by atoms with van der Waals surface area (Å²) in [4.78, 5) is 12.8. The molecule has 0 aliphatic carbocycles. The zero-order valence-corrected chi connectivity index (χ0v) is 12.8. The molecule has 118 valence electrons. The Morgan fingerprint density at radius 3 is 2.52 bits per heavy atom. The Morgan fingerprint density at radius 2 is 1.83 bits per heavy atom. The lowest BCUT2D eigenvalue weighted by molar-refractivity contribution is 0.450. The van der Waals surface area contributed by atoms with Crippen LogP contribution in [-0.2, 0) is 6.42 Å². The first kappa shape index (κ1) is 15.0. The Bertz CT molecular complexity index is 1010. The molecule has 1 aromatic heterocycles. The lowest BCUT2D eigenvalue weighted by atomic mass is 10.0. The van der Waals surface area contributed by atoms with Gasteiger partial charge >= 0.3 is 0 Å². The Balaban J connectivity index is 2.46. The van der Waals surface area contributed by atoms with Crippen molar-refractivity contribution in [3.8, 4) is 17.2 Å². The molecule has 5 heteroatoms. The second-order valence-corrected chi connectivity index (χ2v) is 5.70. The van der Waals surface area contributed by atoms with Gasteiger partial charge in [0.25, 0.3) is 0 Å². The standard InChI is InChI=1S/C18H16O5/c1-9(2)3-4-10-5-6-12(20)18-15(10)17(22)16-13(21)7-11(19)8-14(16)23-18/h3,5-8,19-21H,4H2,1-2H3. The fourth-order valence-corrected chi connectivity index (χ4v) is 2.58. The van der Waals surface area contributed by atoms with Crippen molar-refractivity contribution in [2.45, 2.75) is 20.3 Å². The molecule has 5 nitrogen and oxygen atoms in total. The molecule has 0 aliphatic heterocycles. The van der Waals surface area contributed by atoms with Gasteiger partial charge in [-0.15, -0.1) is 0 Å². The predicted molar refractivity (Wildman–Crippen MR) is 88.1 cm³/mol. The Kier molecular flexibility index (Phi) is 3.48. The van der Waals surface area contributed by atoms with Crippen LogP contribution in [0.15, 0.2) is 45.1 Å². The normalized spacial score (nSPS) is 11.0. The lowest BCUT2D eigenvalue weighted by Gasteiger charge is -2.08. The van der Waals surface area contributed by atoms with E-state index in [0.717, 1.165) is 11.6 Å². The highest BCUT2D eigenvalue weighted by Crippen LogP contribution is 2.34. The average Bonchev–Trinajstić information content (AvgIpc) is 2.46. The van der Waals surface area contributed by atoms with Crippen molar-refractivity contribution in [2.75, 3.05) is 0 Å². The van der Waals surface area contributed by atoms with Gasteiger partial charge in [-0.05, 0) is 31.9 Å². The molecule has 0 saturated carbocycles. The summed E-state index contributed by atoms with van der Waals surface area (Å²) in [5.41, 5.74) is 1.43. The highest BCUT2D eigenvalue weighted by Gasteiger charge is 2.17. The number of rotatable bonds is 2. The second kappa shape index (κ2) is 5.35. The molecule has 0 amide bonds. The molecule has 0 fully saturated rings. The average molecular weight is 312 g/mol. The van der Waals surface area contributed by atoms with Crippen molar-refractivity contribution in [2.24, 2.45) is 0 Å². The molecule has 0 aliphatic rings. The van der Waals surface area contributed by atoms with Crippen molar-refractivity contribution in [1.29, 1.82) is 0 Å². The van der Waals surface area contributed by atoms with E-state index in [9.17, 15) is 20.1 Å². The van der Waals surface area contributed by atoms with Gasteiger partial charge in [-0.25, -0.2) is 0 Å². The van der Waals surface area contributed by atoms with Gasteiger partial charge in [0, 0.05) is 12.1 Å². The van der Waals surface area contributed by atoms with Crippen LogP contribution in [0.25, 0.3) is 21.9 Å². The van der Waals surface area contributed by atoms with Crippen molar-refractivity contribution in [1.82, 2.24) is 0 Å². The van der Waals surface area contributed by atoms with Gasteiger partial charge in [0.2, 0.25) is 5.43 Å². The van der Waals surface area contributed by atoms with Crippen LogP contribution >= 0.6 is 0 Å². The molecule has 3 rings (SSSR count). The molecule has 2 aromatic carbocycles. The summed E-state index contributed by atoms with van der Waals surface area (Å²) >= 11 is 0. The smallest absolute Gasteiger partial charge is 0.204 e. The third-order valence-corrected chi connectivity index (χ3v) is 3.69. The molecule has 0 bridgehead atoms. The van der Waals surface area contributed by atoms with Crippen LogP contribution in [0, 0.1) is 0 Å². The summed E-state index contributed by atoms with van der Waals surface area (Å²) in [7, 11) is 0. The number of hydrogen-bond acceptors (Lipinski definition) is 5. The zero-order chi connectivity index (χ0) is 16.7. The molecule has 0 spiro atoms. The minimum Gasteiger partial charge on any atom is -0.508 e. The number of benzene rings is 2. The van der Waals surface area contributed by atoms with Crippen molar-refractivity contribution in [3.63, 3.8) is 0 Å². The van der Waals surface area contributed by atoms with Crippen LogP contribution in [0.5, 0.6) is 17.2 Å². The summed E-state index contributed by atoms with van der Waals surface area (Å²) in [5, 5.41) is 29.8. The molecule has 0 unspecified atom stereocenters. The van der Waals surface area contributed by atoms with Gasteiger partial charge in [0.1, 0.15) is 22.5 Å². The van der Waals surface area contributed by atoms with E-state index in [2.05, 4.69) is 0 Å². The fraction of sp³-hybridized carbons (Fsp3) is 0.167. The van der Waals surface area contributed by atoms with E-state index in [1.54, 1.807) is 6.07 Å². The molecule has 0 atom stereocenters. The number of allylic oxidation sites excluding steroid dienone is 2. The number of hydrogen-bond donors (Lipinski definition) is 3. The first-order chi connectivity index (χ1) is 10.9. The summed E-state index contributed by atoms with van der Waals surface area (Å²) in [6, 6.07) is 5.45. The first-order valence-corrected chi connectivity index (χ1v) is 7.15. The van der Waals surface area contributed by atoms with E-state index >= 15 is 0 Å². The minimum absolute atomic E-state index is 0.0145. The molecule has 1 heterocycles. The van der Waals surface area contributed by atoms with Crippen LogP contribution in [-0.4, -0.2) is 15.3 Å². The van der Waals surface area contributed by atoms with Crippen molar-refractivity contribution >= 4 is 21.9 Å². The summed E-state index contributed by atoms with van der Waals surface area (Å²) in [5.74, 6) is -0.743. The number of phenols is 3. The van der Waals surface area contributed by atoms with Gasteiger partial charge in [0.15, 0.2) is 11.3 Å². The van der Waals surface area contributed by atoms with Gasteiger partial charge in [-0.3, -0.25) is 4.79 Å². The summed E-state index contributed by atoms with van der Waals surface area (Å²) < 4.78 is 5.58. The highest BCUT2D eigenvalue weighted by molar-refractivity contribution is 5.97. The van der Waals surface area contributed by atoms with Gasteiger partial charge < -0.3 is 19.7 Å². The van der Waals surface area contributed by atoms with E-state index in [1.807, 2.05) is 19.9 Å². The Labute approximate surface area is 131 Å². The van der Waals surface area contributed by atoms with Crippen LogP contribution in [0.3, 0.4) is 0 Å². The monoisotopic (exact) mass is 312 g/mol. The quantitative estimate of drug-likeness (QED) is 0.497. The van der Waals surface area contributed by atoms with Gasteiger partial charge in [-0.1, -0.05) is 17.7 Å². The van der Waals surface area contributed by atoms with E-state index in [-0.39, 0.29) is 39.2 Å². The van der Waals surface area contributed by atoms with E-state index in [0.29, 0.717) is 12.0 Å². The maximum absolute atomic E-state index is 12.8. The molecule has 3 N–H and O–H groups in total. The molecule has 0 saturated heterocycles. The van der Waals surface area contributed by atoms with Crippen LogP contribution in [0.4, 0.5) is 0 Å². The molecule has 0 radical (unpaired) electrons. The van der Waals surface area contributed by atoms with Crippen LogP contribution in [0.2, 0.25) is 0 Å². The van der Waals surface area contributed by atoms with Crippen molar-refractivity contribution < 1.29 is 19.7 Å². The third-order valence-electron chi connectivity index (χ3n) is 3.69.